The molecule has 0 bridgehead atoms. The van der Waals surface area contributed by atoms with Gasteiger partial charge in [0, 0.05) is 25.7 Å². The molecule has 0 aromatic heterocycles. The molecule has 9 heteroatoms. The van der Waals surface area contributed by atoms with Crippen LogP contribution in [0.3, 0.4) is 0 Å². The van der Waals surface area contributed by atoms with Crippen molar-refractivity contribution >= 4 is 21.9 Å². The first-order valence-corrected chi connectivity index (χ1v) is 11.8. The highest BCUT2D eigenvalue weighted by Crippen LogP contribution is 2.32. The lowest BCUT2D eigenvalue weighted by molar-refractivity contribution is -0.155. The van der Waals surface area contributed by atoms with Crippen LogP contribution < -0.4 is 4.74 Å². The molecule has 0 N–H and O–H groups in total. The van der Waals surface area contributed by atoms with Crippen molar-refractivity contribution in [1.82, 2.24) is 9.21 Å². The van der Waals surface area contributed by atoms with Gasteiger partial charge in [0.05, 0.1) is 7.11 Å². The van der Waals surface area contributed by atoms with Crippen molar-refractivity contribution in [3.05, 3.63) is 23.8 Å². The SMILES string of the molecule is COc1ccc(C(=O)N(C)CC(=O)OC(C)(C)C)cc1S(=O)(=O)N1CC(C)CC(C)C1. The number of hydrogen-bond acceptors (Lipinski definition) is 6. The molecule has 0 spiro atoms. The fourth-order valence-corrected chi connectivity index (χ4v) is 5.67. The highest BCUT2D eigenvalue weighted by molar-refractivity contribution is 7.89. The summed E-state index contributed by atoms with van der Waals surface area (Å²) in [5.74, 6) is -0.354. The van der Waals surface area contributed by atoms with E-state index in [-0.39, 0.29) is 34.6 Å². The number of esters is 1. The van der Waals surface area contributed by atoms with Gasteiger partial charge in [0.2, 0.25) is 10.0 Å². The van der Waals surface area contributed by atoms with Crippen LogP contribution in [0.4, 0.5) is 0 Å². The van der Waals surface area contributed by atoms with E-state index in [4.69, 9.17) is 9.47 Å². The normalized spacial score (nSPS) is 20.2. The Kier molecular flexibility index (Phi) is 7.75. The molecule has 8 nitrogen and oxygen atoms in total. The lowest BCUT2D eigenvalue weighted by Gasteiger charge is -2.34. The average Bonchev–Trinajstić information content (AvgIpc) is 2.64. The van der Waals surface area contributed by atoms with Gasteiger partial charge in [-0.05, 0) is 57.2 Å². The van der Waals surface area contributed by atoms with E-state index in [9.17, 15) is 18.0 Å². The molecule has 1 heterocycles. The summed E-state index contributed by atoms with van der Waals surface area (Å²) in [4.78, 5) is 26.1. The van der Waals surface area contributed by atoms with Crippen molar-refractivity contribution in [2.45, 2.75) is 51.5 Å². The molecule has 2 rings (SSSR count). The van der Waals surface area contributed by atoms with Crippen molar-refractivity contribution in [3.8, 4) is 5.75 Å². The van der Waals surface area contributed by atoms with Gasteiger partial charge in [0.25, 0.3) is 5.91 Å². The molecule has 1 aromatic carbocycles. The number of carbonyl (C=O) groups is 2. The summed E-state index contributed by atoms with van der Waals surface area (Å²) in [6.45, 7) is 9.90. The Morgan fingerprint density at radius 3 is 2.26 bits per heavy atom. The van der Waals surface area contributed by atoms with Crippen LogP contribution in [0.1, 0.15) is 51.4 Å². The number of carbonyl (C=O) groups excluding carboxylic acids is 2. The molecule has 1 fully saturated rings. The first kappa shape index (κ1) is 25.1. The fourth-order valence-electron chi connectivity index (χ4n) is 3.81. The van der Waals surface area contributed by atoms with Crippen LogP contribution in [0.25, 0.3) is 0 Å². The molecule has 1 saturated heterocycles. The quantitative estimate of drug-likeness (QED) is 0.614. The van der Waals surface area contributed by atoms with Gasteiger partial charge >= 0.3 is 5.97 Å². The molecule has 2 atom stereocenters. The summed E-state index contributed by atoms with van der Waals surface area (Å²) in [5, 5.41) is 0. The molecule has 0 saturated carbocycles. The second-order valence-corrected chi connectivity index (χ2v) is 11.3. The van der Waals surface area contributed by atoms with E-state index in [1.54, 1.807) is 20.8 Å². The second-order valence-electron chi connectivity index (χ2n) is 9.38. The van der Waals surface area contributed by atoms with Crippen LogP contribution in [-0.4, -0.2) is 68.9 Å². The molecule has 0 aliphatic carbocycles. The van der Waals surface area contributed by atoms with Crippen molar-refractivity contribution in [1.29, 1.82) is 0 Å². The largest absolute Gasteiger partial charge is 0.495 e. The lowest BCUT2D eigenvalue weighted by atomic mass is 9.94. The molecule has 1 amide bonds. The van der Waals surface area contributed by atoms with Crippen molar-refractivity contribution in [2.75, 3.05) is 33.8 Å². The molecule has 0 radical (unpaired) electrons. The van der Waals surface area contributed by atoms with Gasteiger partial charge in [-0.15, -0.1) is 0 Å². The van der Waals surface area contributed by atoms with Crippen molar-refractivity contribution in [3.63, 3.8) is 0 Å². The number of amides is 1. The molecule has 1 aromatic rings. The first-order valence-electron chi connectivity index (χ1n) is 10.4. The van der Waals surface area contributed by atoms with Crippen molar-refractivity contribution in [2.24, 2.45) is 11.8 Å². The van der Waals surface area contributed by atoms with Gasteiger partial charge in [0.15, 0.2) is 0 Å². The topological polar surface area (TPSA) is 93.2 Å². The molecule has 2 unspecified atom stereocenters. The Bertz CT molecular complexity index is 912. The number of likely N-dealkylation sites (N-methyl/N-ethyl adjacent to an activating group) is 1. The van der Waals surface area contributed by atoms with E-state index >= 15 is 0 Å². The van der Waals surface area contributed by atoms with Gasteiger partial charge in [-0.25, -0.2) is 8.42 Å². The third-order valence-electron chi connectivity index (χ3n) is 5.00. The number of methoxy groups -OCH3 is 1. The number of benzene rings is 1. The zero-order chi connectivity index (χ0) is 23.6. The van der Waals surface area contributed by atoms with E-state index < -0.39 is 27.5 Å². The number of sulfonamides is 1. The maximum Gasteiger partial charge on any atom is 0.326 e. The van der Waals surface area contributed by atoms with Gasteiger partial charge in [0.1, 0.15) is 22.8 Å². The maximum absolute atomic E-state index is 13.4. The third kappa shape index (κ3) is 6.43. The van der Waals surface area contributed by atoms with E-state index in [0.717, 1.165) is 6.42 Å². The van der Waals surface area contributed by atoms with E-state index in [2.05, 4.69) is 0 Å². The van der Waals surface area contributed by atoms with Gasteiger partial charge < -0.3 is 14.4 Å². The van der Waals surface area contributed by atoms with Crippen molar-refractivity contribution < 1.29 is 27.5 Å². The predicted molar refractivity (Wildman–Crippen MR) is 118 cm³/mol. The summed E-state index contributed by atoms with van der Waals surface area (Å²) in [6, 6.07) is 4.29. The van der Waals surface area contributed by atoms with E-state index in [1.807, 2.05) is 13.8 Å². The minimum absolute atomic E-state index is 0.0483. The summed E-state index contributed by atoms with van der Waals surface area (Å²) in [7, 11) is -0.988. The third-order valence-corrected chi connectivity index (χ3v) is 6.85. The van der Waals surface area contributed by atoms with E-state index in [0.29, 0.717) is 13.1 Å². The van der Waals surface area contributed by atoms with Crippen LogP contribution >= 0.6 is 0 Å². The van der Waals surface area contributed by atoms with Crippen LogP contribution in [0.5, 0.6) is 5.75 Å². The number of hydrogen-bond donors (Lipinski definition) is 0. The number of piperidine rings is 1. The first-order chi connectivity index (χ1) is 14.2. The Morgan fingerprint density at radius 1 is 1.16 bits per heavy atom. The van der Waals surface area contributed by atoms with Gasteiger partial charge in [-0.3, -0.25) is 9.59 Å². The number of rotatable bonds is 6. The number of nitrogens with zero attached hydrogens (tertiary/aromatic N) is 2. The highest BCUT2D eigenvalue weighted by Gasteiger charge is 2.34. The summed E-state index contributed by atoms with van der Waals surface area (Å²) in [6.07, 6.45) is 0.969. The maximum atomic E-state index is 13.4. The molecule has 1 aliphatic rings. The van der Waals surface area contributed by atoms with Crippen LogP contribution in [0, 0.1) is 11.8 Å². The Morgan fingerprint density at radius 2 is 1.74 bits per heavy atom. The zero-order valence-electron chi connectivity index (χ0n) is 19.5. The molecule has 31 heavy (non-hydrogen) atoms. The van der Waals surface area contributed by atoms with Crippen LogP contribution in [0.2, 0.25) is 0 Å². The van der Waals surface area contributed by atoms with Gasteiger partial charge in [-0.1, -0.05) is 13.8 Å². The summed E-state index contributed by atoms with van der Waals surface area (Å²) >= 11 is 0. The Hall–Kier alpha value is -2.13. The monoisotopic (exact) mass is 454 g/mol. The number of ether oxygens (including phenoxy) is 2. The standard InChI is InChI=1S/C22H34N2O6S/c1-15-10-16(2)13-24(12-15)31(27,28)19-11-17(8-9-18(19)29-7)21(26)23(6)14-20(25)30-22(3,4)5/h8-9,11,15-16H,10,12-14H2,1-7H3. The molecular formula is C22H34N2O6S. The predicted octanol–water partition coefficient (Wildman–Crippen LogP) is 2.78. The second kappa shape index (κ2) is 9.56. The highest BCUT2D eigenvalue weighted by atomic mass is 32.2. The molecule has 1 aliphatic heterocycles. The zero-order valence-corrected chi connectivity index (χ0v) is 20.3. The van der Waals surface area contributed by atoms with Crippen LogP contribution in [-0.2, 0) is 19.6 Å². The Balaban J connectivity index is 2.31. The van der Waals surface area contributed by atoms with E-state index in [1.165, 1.54) is 41.6 Å². The average molecular weight is 455 g/mol. The molecular weight excluding hydrogens is 420 g/mol. The summed E-state index contributed by atoms with van der Waals surface area (Å²) < 4.78 is 38.8. The van der Waals surface area contributed by atoms with Gasteiger partial charge in [-0.2, -0.15) is 4.31 Å². The smallest absolute Gasteiger partial charge is 0.326 e. The lowest BCUT2D eigenvalue weighted by Crippen LogP contribution is -2.42. The Labute approximate surface area is 185 Å². The molecule has 174 valence electrons. The minimum atomic E-state index is -3.85. The fraction of sp³-hybridized carbons (Fsp3) is 0.636. The minimum Gasteiger partial charge on any atom is -0.495 e. The summed E-state index contributed by atoms with van der Waals surface area (Å²) in [5.41, 5.74) is -0.506. The van der Waals surface area contributed by atoms with Crippen LogP contribution in [0.15, 0.2) is 23.1 Å².